The highest BCUT2D eigenvalue weighted by Crippen LogP contribution is 2.28. The Labute approximate surface area is 110 Å². The second-order valence-electron chi connectivity index (χ2n) is 3.69. The minimum absolute atomic E-state index is 0.00669. The van der Waals surface area contributed by atoms with Gasteiger partial charge in [-0.1, -0.05) is 16.5 Å². The van der Waals surface area contributed by atoms with Crippen LogP contribution in [0, 0.1) is 10.1 Å². The van der Waals surface area contributed by atoms with Crippen LogP contribution < -0.4 is 0 Å². The zero-order chi connectivity index (χ0) is 13.8. The number of hydrogen-bond acceptors (Lipinski definition) is 7. The van der Waals surface area contributed by atoms with Crippen molar-refractivity contribution in [3.05, 3.63) is 27.5 Å². The number of aliphatic carboxylic acids is 1. The van der Waals surface area contributed by atoms with Gasteiger partial charge in [0.05, 0.1) is 4.92 Å². The first-order valence-electron chi connectivity index (χ1n) is 5.34. The van der Waals surface area contributed by atoms with Gasteiger partial charge in [0.25, 0.3) is 0 Å². The smallest absolute Gasteiger partial charge is 0.324 e. The van der Waals surface area contributed by atoms with Gasteiger partial charge in [0.15, 0.2) is 0 Å². The van der Waals surface area contributed by atoms with Crippen LogP contribution >= 0.6 is 11.3 Å². The lowest BCUT2D eigenvalue weighted by Gasteiger charge is -1.90. The van der Waals surface area contributed by atoms with Crippen LogP contribution in [0.3, 0.4) is 0 Å². The van der Waals surface area contributed by atoms with Crippen LogP contribution in [0.4, 0.5) is 5.00 Å². The summed E-state index contributed by atoms with van der Waals surface area (Å²) in [6, 6.07) is 1.37. The monoisotopic (exact) mass is 283 g/mol. The van der Waals surface area contributed by atoms with Crippen molar-refractivity contribution in [1.82, 2.24) is 10.1 Å². The Kier molecular flexibility index (Phi) is 3.85. The Morgan fingerprint density at radius 1 is 1.58 bits per heavy atom. The lowest BCUT2D eigenvalue weighted by atomic mass is 10.2. The highest BCUT2D eigenvalue weighted by atomic mass is 32.1. The summed E-state index contributed by atoms with van der Waals surface area (Å²) in [6.07, 6.45) is 0.800. The molecule has 9 heteroatoms. The highest BCUT2D eigenvalue weighted by Gasteiger charge is 2.15. The minimum Gasteiger partial charge on any atom is -0.481 e. The molecule has 2 aromatic heterocycles. The quantitative estimate of drug-likeness (QED) is 0.636. The van der Waals surface area contributed by atoms with E-state index in [2.05, 4.69) is 10.1 Å². The van der Waals surface area contributed by atoms with E-state index in [1.165, 1.54) is 6.07 Å². The van der Waals surface area contributed by atoms with Crippen molar-refractivity contribution >= 4 is 22.3 Å². The van der Waals surface area contributed by atoms with Crippen LogP contribution in [0.2, 0.25) is 0 Å². The largest absolute Gasteiger partial charge is 0.481 e. The van der Waals surface area contributed by atoms with Crippen molar-refractivity contribution in [3.63, 3.8) is 0 Å². The third-order valence-corrected chi connectivity index (χ3v) is 3.15. The highest BCUT2D eigenvalue weighted by molar-refractivity contribution is 7.13. The molecular formula is C10H9N3O5S. The molecule has 0 aliphatic carbocycles. The molecule has 0 aromatic carbocycles. The molecule has 0 bridgehead atoms. The maximum absolute atomic E-state index is 10.6. The fraction of sp³-hybridized carbons (Fsp3) is 0.300. The van der Waals surface area contributed by atoms with E-state index in [9.17, 15) is 14.9 Å². The van der Waals surface area contributed by atoms with E-state index in [4.69, 9.17) is 9.63 Å². The van der Waals surface area contributed by atoms with E-state index in [0.717, 1.165) is 11.3 Å². The van der Waals surface area contributed by atoms with Gasteiger partial charge in [0, 0.05) is 29.9 Å². The molecule has 0 unspecified atom stereocenters. The molecule has 0 amide bonds. The zero-order valence-corrected chi connectivity index (χ0v) is 10.4. The van der Waals surface area contributed by atoms with Gasteiger partial charge in [-0.25, -0.2) is 0 Å². The summed E-state index contributed by atoms with van der Waals surface area (Å²) in [5.74, 6) is -0.284. The van der Waals surface area contributed by atoms with Crippen LogP contribution in [0.15, 0.2) is 16.0 Å². The van der Waals surface area contributed by atoms with Crippen LogP contribution in [0.5, 0.6) is 0 Å². The van der Waals surface area contributed by atoms with Crippen molar-refractivity contribution in [1.29, 1.82) is 0 Å². The Morgan fingerprint density at radius 2 is 2.37 bits per heavy atom. The fourth-order valence-corrected chi connectivity index (χ4v) is 2.10. The third kappa shape index (κ3) is 3.35. The maximum Gasteiger partial charge on any atom is 0.324 e. The predicted molar refractivity (Wildman–Crippen MR) is 64.8 cm³/mol. The van der Waals surface area contributed by atoms with E-state index in [1.54, 1.807) is 5.38 Å². The average molecular weight is 283 g/mol. The predicted octanol–water partition coefficient (Wildman–Crippen LogP) is 2.11. The molecule has 2 heterocycles. The molecule has 19 heavy (non-hydrogen) atoms. The number of nitro groups is 1. The first-order valence-corrected chi connectivity index (χ1v) is 6.22. The third-order valence-electron chi connectivity index (χ3n) is 2.27. The molecule has 0 saturated carbocycles. The maximum atomic E-state index is 10.6. The molecule has 0 saturated heterocycles. The molecule has 2 aromatic rings. The summed E-state index contributed by atoms with van der Waals surface area (Å²) in [6.45, 7) is 0. The fourth-order valence-electron chi connectivity index (χ4n) is 1.40. The lowest BCUT2D eigenvalue weighted by Crippen LogP contribution is -1.95. The first kappa shape index (κ1) is 13.1. The summed E-state index contributed by atoms with van der Waals surface area (Å²) in [7, 11) is 0. The van der Waals surface area contributed by atoms with Crippen molar-refractivity contribution in [2.75, 3.05) is 0 Å². The summed E-state index contributed by atoms with van der Waals surface area (Å²) in [5.41, 5.74) is 0.518. The van der Waals surface area contributed by atoms with E-state index < -0.39 is 10.9 Å². The van der Waals surface area contributed by atoms with Crippen molar-refractivity contribution < 1.29 is 19.3 Å². The lowest BCUT2D eigenvalue weighted by molar-refractivity contribution is -0.380. The van der Waals surface area contributed by atoms with Gasteiger partial charge in [-0.2, -0.15) is 4.98 Å². The summed E-state index contributed by atoms with van der Waals surface area (Å²) in [4.78, 5) is 24.5. The van der Waals surface area contributed by atoms with Crippen LogP contribution in [0.25, 0.3) is 11.4 Å². The van der Waals surface area contributed by atoms with Crippen LogP contribution in [-0.2, 0) is 11.2 Å². The molecule has 0 aliphatic rings. The Hall–Kier alpha value is -2.29. The van der Waals surface area contributed by atoms with Gasteiger partial charge in [0.1, 0.15) is 0 Å². The Bertz CT molecular complexity index is 606. The number of aromatic nitrogens is 2. The first-order chi connectivity index (χ1) is 9.06. The minimum atomic E-state index is -0.881. The van der Waals surface area contributed by atoms with Crippen molar-refractivity contribution in [3.8, 4) is 11.4 Å². The normalized spacial score (nSPS) is 10.5. The second kappa shape index (κ2) is 5.57. The van der Waals surface area contributed by atoms with Gasteiger partial charge in [-0.05, 0) is 6.42 Å². The molecule has 0 atom stereocenters. The topological polar surface area (TPSA) is 119 Å². The number of carboxylic acid groups (broad SMARTS) is 1. The molecule has 0 fully saturated rings. The molecule has 0 spiro atoms. The number of hydrogen-bond donors (Lipinski definition) is 1. The van der Waals surface area contributed by atoms with Crippen LogP contribution in [0.1, 0.15) is 18.7 Å². The Balaban J connectivity index is 2.03. The van der Waals surface area contributed by atoms with Gasteiger partial charge in [0.2, 0.25) is 11.7 Å². The standard InChI is InChI=1S/C10H9N3O5S/c14-9(15)3-1-2-7-11-10(12-18-7)6-4-8(13(16)17)19-5-6/h4-5H,1-3H2,(H,14,15). The number of carboxylic acids is 1. The van der Waals surface area contributed by atoms with Crippen molar-refractivity contribution in [2.24, 2.45) is 0 Å². The molecular weight excluding hydrogens is 274 g/mol. The average Bonchev–Trinajstić information content (AvgIpc) is 2.95. The van der Waals surface area contributed by atoms with E-state index >= 15 is 0 Å². The van der Waals surface area contributed by atoms with Crippen molar-refractivity contribution in [2.45, 2.75) is 19.3 Å². The number of thiophene rings is 1. The SMILES string of the molecule is O=C(O)CCCc1nc(-c2csc([N+](=O)[O-])c2)no1. The summed E-state index contributed by atoms with van der Waals surface area (Å²) in [5, 5.41) is 24.3. The molecule has 1 N–H and O–H groups in total. The van der Waals surface area contributed by atoms with Gasteiger partial charge < -0.3 is 9.63 Å². The molecule has 2 rings (SSSR count). The second-order valence-corrected chi connectivity index (χ2v) is 4.58. The van der Waals surface area contributed by atoms with E-state index in [0.29, 0.717) is 24.3 Å². The Morgan fingerprint density at radius 3 is 3.00 bits per heavy atom. The van der Waals surface area contributed by atoms with Gasteiger partial charge in [-0.3, -0.25) is 14.9 Å². The molecule has 0 aliphatic heterocycles. The molecule has 100 valence electrons. The van der Waals surface area contributed by atoms with E-state index in [1.807, 2.05) is 0 Å². The van der Waals surface area contributed by atoms with Gasteiger partial charge in [-0.15, -0.1) is 0 Å². The van der Waals surface area contributed by atoms with Gasteiger partial charge >= 0.3 is 11.0 Å². The molecule has 0 radical (unpaired) electrons. The zero-order valence-electron chi connectivity index (χ0n) is 9.61. The number of carbonyl (C=O) groups is 1. The number of nitrogens with zero attached hydrogens (tertiary/aromatic N) is 3. The van der Waals surface area contributed by atoms with Crippen LogP contribution in [-0.4, -0.2) is 26.1 Å². The summed E-state index contributed by atoms with van der Waals surface area (Å²) < 4.78 is 4.95. The summed E-state index contributed by atoms with van der Waals surface area (Å²) >= 11 is 0.985. The molecule has 8 nitrogen and oxygen atoms in total. The van der Waals surface area contributed by atoms with E-state index in [-0.39, 0.29) is 17.2 Å². The number of rotatable bonds is 6. The number of aryl methyl sites for hydroxylation is 1.